The Morgan fingerprint density at radius 1 is 1.00 bits per heavy atom. The summed E-state index contributed by atoms with van der Waals surface area (Å²) in [7, 11) is 0. The molecule has 0 radical (unpaired) electrons. The van der Waals surface area contributed by atoms with Crippen LogP contribution in [0.4, 0.5) is 5.69 Å². The number of halogens is 2. The predicted molar refractivity (Wildman–Crippen MR) is 130 cm³/mol. The molecular weight excluding hydrogens is 461 g/mol. The number of para-hydroxylation sites is 1. The van der Waals surface area contributed by atoms with Gasteiger partial charge in [0.05, 0.1) is 28.3 Å². The number of hydrogen-bond donors (Lipinski definition) is 1. The monoisotopic (exact) mass is 481 g/mol. The summed E-state index contributed by atoms with van der Waals surface area (Å²) in [6.45, 7) is 4.26. The van der Waals surface area contributed by atoms with Crippen LogP contribution in [-0.2, 0) is 9.59 Å². The van der Waals surface area contributed by atoms with Gasteiger partial charge in [0, 0.05) is 11.3 Å². The second-order valence-electron chi connectivity index (χ2n) is 7.59. The molecule has 0 aromatic heterocycles. The summed E-state index contributed by atoms with van der Waals surface area (Å²) in [4.78, 5) is 27.9. The van der Waals surface area contributed by atoms with Gasteiger partial charge >= 0.3 is 0 Å². The molecule has 5 nitrogen and oxygen atoms in total. The molecule has 7 heteroatoms. The first-order valence-corrected chi connectivity index (χ1v) is 11.1. The number of amides is 1. The Hall–Kier alpha value is -3.28. The lowest BCUT2D eigenvalue weighted by Crippen LogP contribution is -2.30. The van der Waals surface area contributed by atoms with Gasteiger partial charge in [0.25, 0.3) is 11.7 Å². The maximum absolute atomic E-state index is 13.2. The van der Waals surface area contributed by atoms with Gasteiger partial charge < -0.3 is 9.84 Å². The average molecular weight is 482 g/mol. The lowest BCUT2D eigenvalue weighted by molar-refractivity contribution is -0.132. The van der Waals surface area contributed by atoms with Gasteiger partial charge in [0.15, 0.2) is 0 Å². The van der Waals surface area contributed by atoms with Crippen molar-refractivity contribution in [3.8, 4) is 5.75 Å². The van der Waals surface area contributed by atoms with Crippen LogP contribution in [0.3, 0.4) is 0 Å². The van der Waals surface area contributed by atoms with Crippen molar-refractivity contribution in [1.29, 1.82) is 0 Å². The minimum atomic E-state index is -0.837. The largest absolute Gasteiger partial charge is 0.507 e. The van der Waals surface area contributed by atoms with Gasteiger partial charge in [-0.1, -0.05) is 53.5 Å². The van der Waals surface area contributed by atoms with Crippen molar-refractivity contribution >= 4 is 46.3 Å². The number of aliphatic hydroxyl groups excluding tert-OH is 1. The zero-order valence-electron chi connectivity index (χ0n) is 18.0. The zero-order valence-corrected chi connectivity index (χ0v) is 19.5. The molecule has 0 bridgehead atoms. The molecule has 1 atom stereocenters. The number of ketones is 1. The van der Waals surface area contributed by atoms with Crippen molar-refractivity contribution in [3.63, 3.8) is 0 Å². The Morgan fingerprint density at radius 3 is 2.33 bits per heavy atom. The molecule has 1 heterocycles. The number of carbonyl (C=O) groups excluding carboxylic acids is 2. The number of aryl methyl sites for hydroxylation is 1. The Morgan fingerprint density at radius 2 is 1.70 bits per heavy atom. The third-order valence-electron chi connectivity index (χ3n) is 5.52. The van der Waals surface area contributed by atoms with E-state index in [-0.39, 0.29) is 16.4 Å². The molecule has 1 aliphatic rings. The van der Waals surface area contributed by atoms with Gasteiger partial charge in [-0.3, -0.25) is 14.5 Å². The van der Waals surface area contributed by atoms with Gasteiger partial charge in [-0.2, -0.15) is 0 Å². The van der Waals surface area contributed by atoms with E-state index in [2.05, 4.69) is 0 Å². The maximum atomic E-state index is 13.2. The fourth-order valence-electron chi connectivity index (χ4n) is 3.94. The number of hydrogen-bond acceptors (Lipinski definition) is 4. The third kappa shape index (κ3) is 4.22. The molecular formula is C26H21Cl2NO4. The molecule has 1 saturated heterocycles. The second-order valence-corrected chi connectivity index (χ2v) is 8.40. The molecule has 33 heavy (non-hydrogen) atoms. The average Bonchev–Trinajstić information content (AvgIpc) is 3.07. The van der Waals surface area contributed by atoms with E-state index in [1.165, 1.54) is 17.0 Å². The predicted octanol–water partition coefficient (Wildman–Crippen LogP) is 6.33. The van der Waals surface area contributed by atoms with E-state index in [0.717, 1.165) is 5.56 Å². The van der Waals surface area contributed by atoms with E-state index in [1.807, 2.05) is 26.0 Å². The molecule has 0 spiro atoms. The summed E-state index contributed by atoms with van der Waals surface area (Å²) >= 11 is 12.1. The summed E-state index contributed by atoms with van der Waals surface area (Å²) < 4.78 is 5.53. The van der Waals surface area contributed by atoms with Crippen LogP contribution in [0.2, 0.25) is 10.0 Å². The van der Waals surface area contributed by atoms with Crippen molar-refractivity contribution < 1.29 is 19.4 Å². The van der Waals surface area contributed by atoms with Crippen LogP contribution < -0.4 is 9.64 Å². The number of Topliss-reactive ketones (excluding diaryl/α,β-unsaturated/α-hetero) is 1. The molecule has 1 N–H and O–H groups in total. The standard InChI is InChI=1S/C26H21Cl2NO4/c1-3-33-18-11-8-16(9-12-18)23-22(24(30)17-10-13-19(27)20(28)14-17)25(31)26(32)29(23)21-7-5-4-6-15(21)2/h4-14,23,30H,3H2,1-2H3/b24-22-. The van der Waals surface area contributed by atoms with Crippen molar-refractivity contribution in [2.45, 2.75) is 19.9 Å². The minimum absolute atomic E-state index is 0.0224. The quantitative estimate of drug-likeness (QED) is 0.262. The maximum Gasteiger partial charge on any atom is 0.300 e. The Bertz CT molecular complexity index is 1270. The van der Waals surface area contributed by atoms with Gasteiger partial charge in [0.2, 0.25) is 0 Å². The second kappa shape index (κ2) is 9.30. The number of ether oxygens (including phenoxy) is 1. The molecule has 168 valence electrons. The highest BCUT2D eigenvalue weighted by Gasteiger charge is 2.47. The van der Waals surface area contributed by atoms with E-state index in [9.17, 15) is 14.7 Å². The van der Waals surface area contributed by atoms with Crippen LogP contribution >= 0.6 is 23.2 Å². The highest BCUT2D eigenvalue weighted by atomic mass is 35.5. The normalized spacial score (nSPS) is 17.5. The summed E-state index contributed by atoms with van der Waals surface area (Å²) in [6, 6.07) is 18.1. The number of carbonyl (C=O) groups is 2. The van der Waals surface area contributed by atoms with E-state index in [4.69, 9.17) is 27.9 Å². The summed E-state index contributed by atoms with van der Waals surface area (Å²) in [6.07, 6.45) is 0. The molecule has 1 unspecified atom stereocenters. The fourth-order valence-corrected chi connectivity index (χ4v) is 4.24. The summed E-state index contributed by atoms with van der Waals surface area (Å²) in [5.74, 6) is -1.15. The molecule has 1 amide bonds. The first-order chi connectivity index (χ1) is 15.8. The fraction of sp³-hybridized carbons (Fsp3) is 0.154. The smallest absolute Gasteiger partial charge is 0.300 e. The Labute approximate surface area is 201 Å². The van der Waals surface area contributed by atoms with Gasteiger partial charge in [-0.15, -0.1) is 0 Å². The topological polar surface area (TPSA) is 66.8 Å². The molecule has 0 saturated carbocycles. The highest BCUT2D eigenvalue weighted by molar-refractivity contribution is 6.52. The van der Waals surface area contributed by atoms with Crippen LogP contribution in [0.5, 0.6) is 5.75 Å². The van der Waals surface area contributed by atoms with Gasteiger partial charge in [-0.05, 0) is 61.4 Å². The first-order valence-electron chi connectivity index (χ1n) is 10.4. The molecule has 1 fully saturated rings. The number of benzene rings is 3. The lowest BCUT2D eigenvalue weighted by Gasteiger charge is -2.27. The van der Waals surface area contributed by atoms with Crippen LogP contribution in [0, 0.1) is 6.92 Å². The van der Waals surface area contributed by atoms with Crippen LogP contribution in [-0.4, -0.2) is 23.4 Å². The van der Waals surface area contributed by atoms with Crippen LogP contribution in [0.25, 0.3) is 5.76 Å². The van der Waals surface area contributed by atoms with E-state index in [1.54, 1.807) is 42.5 Å². The molecule has 3 aromatic rings. The Kier molecular flexibility index (Phi) is 6.45. The SMILES string of the molecule is CCOc1ccc(C2/C(=C(/O)c3ccc(Cl)c(Cl)c3)C(=O)C(=O)N2c2ccccc2C)cc1. The van der Waals surface area contributed by atoms with Crippen LogP contribution in [0.1, 0.15) is 29.7 Å². The van der Waals surface area contributed by atoms with Crippen molar-refractivity contribution in [2.75, 3.05) is 11.5 Å². The third-order valence-corrected chi connectivity index (χ3v) is 6.26. The zero-order chi connectivity index (χ0) is 23.7. The lowest BCUT2D eigenvalue weighted by atomic mass is 9.95. The first kappa shape index (κ1) is 22.9. The summed E-state index contributed by atoms with van der Waals surface area (Å²) in [5, 5.41) is 11.7. The molecule has 4 rings (SSSR count). The van der Waals surface area contributed by atoms with E-state index >= 15 is 0 Å². The molecule has 1 aliphatic heterocycles. The van der Waals surface area contributed by atoms with E-state index in [0.29, 0.717) is 34.2 Å². The van der Waals surface area contributed by atoms with Crippen molar-refractivity contribution in [2.24, 2.45) is 0 Å². The Balaban J connectivity index is 1.93. The van der Waals surface area contributed by atoms with Crippen molar-refractivity contribution in [1.82, 2.24) is 0 Å². The number of nitrogens with zero attached hydrogens (tertiary/aromatic N) is 1. The molecule has 0 aliphatic carbocycles. The number of aliphatic hydroxyl groups is 1. The summed E-state index contributed by atoms with van der Waals surface area (Å²) in [5.41, 5.74) is 2.34. The number of rotatable bonds is 5. The van der Waals surface area contributed by atoms with Gasteiger partial charge in [0.1, 0.15) is 11.5 Å². The van der Waals surface area contributed by atoms with Crippen molar-refractivity contribution in [3.05, 3.63) is 99.0 Å². The number of anilines is 1. The van der Waals surface area contributed by atoms with Gasteiger partial charge in [-0.25, -0.2) is 0 Å². The minimum Gasteiger partial charge on any atom is -0.507 e. The highest BCUT2D eigenvalue weighted by Crippen LogP contribution is 2.43. The molecule has 3 aromatic carbocycles. The van der Waals surface area contributed by atoms with Crippen LogP contribution in [0.15, 0.2) is 72.3 Å². The van der Waals surface area contributed by atoms with E-state index < -0.39 is 17.7 Å².